The Morgan fingerprint density at radius 2 is 2.22 bits per heavy atom. The van der Waals surface area contributed by atoms with E-state index in [4.69, 9.17) is 11.6 Å². The number of hydrogen-bond donors (Lipinski definition) is 1. The Morgan fingerprint density at radius 3 is 2.78 bits per heavy atom. The summed E-state index contributed by atoms with van der Waals surface area (Å²) in [7, 11) is 0. The minimum absolute atomic E-state index is 0.259. The van der Waals surface area contributed by atoms with Crippen molar-refractivity contribution in [3.63, 3.8) is 0 Å². The van der Waals surface area contributed by atoms with Crippen LogP contribution in [-0.2, 0) is 6.42 Å². The van der Waals surface area contributed by atoms with Crippen LogP contribution in [-0.4, -0.2) is 12.6 Å². The number of benzene rings is 1. The first-order valence-electron chi connectivity index (χ1n) is 6.88. The van der Waals surface area contributed by atoms with E-state index in [1.54, 1.807) is 0 Å². The van der Waals surface area contributed by atoms with Crippen molar-refractivity contribution in [1.82, 2.24) is 5.32 Å². The smallest absolute Gasteiger partial charge is 0.124 e. The molecular formula is C15H21ClFN. The summed E-state index contributed by atoms with van der Waals surface area (Å²) in [6.45, 7) is 3.22. The molecule has 1 saturated carbocycles. The highest BCUT2D eigenvalue weighted by Gasteiger charge is 2.27. The maximum Gasteiger partial charge on any atom is 0.124 e. The van der Waals surface area contributed by atoms with Crippen molar-refractivity contribution in [2.75, 3.05) is 6.54 Å². The maximum absolute atomic E-state index is 13.0. The standard InChI is InChI=1S/C15H21ClFN/c1-2-8-18-15(11-4-3-5-11)9-12-6-7-13(17)10-14(12)16/h6-7,10-11,15,18H,2-5,8-9H2,1H3. The normalized spacial score (nSPS) is 17.5. The molecule has 0 amide bonds. The predicted octanol–water partition coefficient (Wildman–Crippen LogP) is 4.19. The molecule has 1 aliphatic carbocycles. The molecule has 0 radical (unpaired) electrons. The van der Waals surface area contributed by atoms with E-state index in [2.05, 4.69) is 12.2 Å². The van der Waals surface area contributed by atoms with E-state index in [1.807, 2.05) is 6.07 Å². The van der Waals surface area contributed by atoms with Crippen LogP contribution in [0.1, 0.15) is 38.2 Å². The van der Waals surface area contributed by atoms with Crippen LogP contribution >= 0.6 is 11.6 Å². The molecule has 0 heterocycles. The van der Waals surface area contributed by atoms with Gasteiger partial charge in [-0.25, -0.2) is 4.39 Å². The molecule has 18 heavy (non-hydrogen) atoms. The lowest BCUT2D eigenvalue weighted by atomic mass is 9.77. The van der Waals surface area contributed by atoms with E-state index in [0.717, 1.165) is 30.9 Å². The minimum atomic E-state index is -0.259. The quantitative estimate of drug-likeness (QED) is 0.817. The molecule has 0 spiro atoms. The maximum atomic E-state index is 13.0. The Labute approximate surface area is 114 Å². The second-order valence-electron chi connectivity index (χ2n) is 5.19. The lowest BCUT2D eigenvalue weighted by molar-refractivity contribution is 0.227. The van der Waals surface area contributed by atoms with Gasteiger partial charge in [-0.05, 0) is 55.8 Å². The van der Waals surface area contributed by atoms with E-state index in [-0.39, 0.29) is 5.82 Å². The molecule has 1 N–H and O–H groups in total. The van der Waals surface area contributed by atoms with Crippen LogP contribution in [0.2, 0.25) is 5.02 Å². The van der Waals surface area contributed by atoms with Gasteiger partial charge in [0.2, 0.25) is 0 Å². The summed E-state index contributed by atoms with van der Waals surface area (Å²) < 4.78 is 13.0. The second kappa shape index (κ2) is 6.53. The molecule has 0 aliphatic heterocycles. The lowest BCUT2D eigenvalue weighted by Crippen LogP contribution is -2.41. The zero-order chi connectivity index (χ0) is 13.0. The summed E-state index contributed by atoms with van der Waals surface area (Å²) in [4.78, 5) is 0. The van der Waals surface area contributed by atoms with Crippen molar-refractivity contribution in [2.24, 2.45) is 5.92 Å². The van der Waals surface area contributed by atoms with Gasteiger partial charge in [-0.15, -0.1) is 0 Å². The van der Waals surface area contributed by atoms with Crippen LogP contribution in [0, 0.1) is 11.7 Å². The second-order valence-corrected chi connectivity index (χ2v) is 5.60. The minimum Gasteiger partial charge on any atom is -0.313 e. The number of rotatable bonds is 6. The first kappa shape index (κ1) is 13.8. The summed E-state index contributed by atoms with van der Waals surface area (Å²) in [5.41, 5.74) is 1.05. The van der Waals surface area contributed by atoms with Crippen molar-refractivity contribution in [1.29, 1.82) is 0 Å². The van der Waals surface area contributed by atoms with Crippen molar-refractivity contribution in [2.45, 2.75) is 45.1 Å². The van der Waals surface area contributed by atoms with Gasteiger partial charge in [0.05, 0.1) is 0 Å². The molecule has 0 aromatic heterocycles. The Hall–Kier alpha value is -0.600. The molecular weight excluding hydrogens is 249 g/mol. The molecule has 3 heteroatoms. The Kier molecular flexibility index (Phi) is 5.02. The molecule has 0 bridgehead atoms. The average Bonchev–Trinajstić information content (AvgIpc) is 2.27. The van der Waals surface area contributed by atoms with Crippen LogP contribution < -0.4 is 5.32 Å². The van der Waals surface area contributed by atoms with E-state index in [9.17, 15) is 4.39 Å². The lowest BCUT2D eigenvalue weighted by Gasteiger charge is -2.34. The van der Waals surface area contributed by atoms with Crippen LogP contribution in [0.5, 0.6) is 0 Å². The highest BCUT2D eigenvalue weighted by atomic mass is 35.5. The fraction of sp³-hybridized carbons (Fsp3) is 0.600. The van der Waals surface area contributed by atoms with E-state index < -0.39 is 0 Å². The summed E-state index contributed by atoms with van der Waals surface area (Å²) in [5, 5.41) is 4.16. The first-order valence-corrected chi connectivity index (χ1v) is 7.25. The zero-order valence-electron chi connectivity index (χ0n) is 10.9. The van der Waals surface area contributed by atoms with Crippen molar-refractivity contribution in [3.05, 3.63) is 34.6 Å². The molecule has 1 unspecified atom stereocenters. The summed E-state index contributed by atoms with van der Waals surface area (Å²) >= 11 is 6.11. The average molecular weight is 270 g/mol. The molecule has 1 aliphatic rings. The fourth-order valence-corrected chi connectivity index (χ4v) is 2.75. The highest BCUT2D eigenvalue weighted by molar-refractivity contribution is 6.31. The van der Waals surface area contributed by atoms with Gasteiger partial charge >= 0.3 is 0 Å². The van der Waals surface area contributed by atoms with E-state index in [0.29, 0.717) is 11.1 Å². The summed E-state index contributed by atoms with van der Waals surface area (Å²) in [6.07, 6.45) is 6.00. The van der Waals surface area contributed by atoms with Gasteiger partial charge < -0.3 is 5.32 Å². The third kappa shape index (κ3) is 3.46. The van der Waals surface area contributed by atoms with Crippen LogP contribution in [0.4, 0.5) is 4.39 Å². The van der Waals surface area contributed by atoms with Crippen LogP contribution in [0.15, 0.2) is 18.2 Å². The Bertz CT molecular complexity index is 390. The van der Waals surface area contributed by atoms with Gasteiger partial charge in [0.15, 0.2) is 0 Å². The van der Waals surface area contributed by atoms with Gasteiger partial charge in [0, 0.05) is 11.1 Å². The zero-order valence-corrected chi connectivity index (χ0v) is 11.6. The highest BCUT2D eigenvalue weighted by Crippen LogP contribution is 2.32. The Balaban J connectivity index is 2.02. The monoisotopic (exact) mass is 269 g/mol. The fourth-order valence-electron chi connectivity index (χ4n) is 2.50. The molecule has 1 aromatic rings. The predicted molar refractivity (Wildman–Crippen MR) is 74.5 cm³/mol. The van der Waals surface area contributed by atoms with Crippen molar-refractivity contribution < 1.29 is 4.39 Å². The third-order valence-corrected chi connectivity index (χ3v) is 4.18. The number of nitrogens with one attached hydrogen (secondary N) is 1. The van der Waals surface area contributed by atoms with Crippen LogP contribution in [0.25, 0.3) is 0 Å². The third-order valence-electron chi connectivity index (χ3n) is 3.83. The van der Waals surface area contributed by atoms with Gasteiger partial charge in [-0.3, -0.25) is 0 Å². The molecule has 1 fully saturated rings. The number of halogens is 2. The molecule has 1 aromatic carbocycles. The van der Waals surface area contributed by atoms with E-state index in [1.165, 1.54) is 31.4 Å². The first-order chi connectivity index (χ1) is 8.70. The summed E-state index contributed by atoms with van der Waals surface area (Å²) in [6, 6.07) is 5.21. The SMILES string of the molecule is CCCNC(Cc1ccc(F)cc1Cl)C1CCC1. The van der Waals surface area contributed by atoms with Gasteiger partial charge in [-0.2, -0.15) is 0 Å². The van der Waals surface area contributed by atoms with Gasteiger partial charge in [0.1, 0.15) is 5.82 Å². The van der Waals surface area contributed by atoms with Crippen molar-refractivity contribution in [3.8, 4) is 0 Å². The number of hydrogen-bond acceptors (Lipinski definition) is 1. The van der Waals surface area contributed by atoms with Crippen LogP contribution in [0.3, 0.4) is 0 Å². The van der Waals surface area contributed by atoms with Crippen molar-refractivity contribution >= 4 is 11.6 Å². The topological polar surface area (TPSA) is 12.0 Å². The van der Waals surface area contributed by atoms with Gasteiger partial charge in [-0.1, -0.05) is 31.0 Å². The van der Waals surface area contributed by atoms with Gasteiger partial charge in [0.25, 0.3) is 0 Å². The molecule has 0 saturated heterocycles. The largest absolute Gasteiger partial charge is 0.313 e. The Morgan fingerprint density at radius 1 is 1.44 bits per heavy atom. The van der Waals surface area contributed by atoms with E-state index >= 15 is 0 Å². The molecule has 100 valence electrons. The molecule has 1 nitrogen and oxygen atoms in total. The molecule has 2 rings (SSSR count). The molecule has 1 atom stereocenters. The summed E-state index contributed by atoms with van der Waals surface area (Å²) in [5.74, 6) is 0.503.